The van der Waals surface area contributed by atoms with Gasteiger partial charge in [-0.1, -0.05) is 13.8 Å². The van der Waals surface area contributed by atoms with Crippen molar-refractivity contribution in [2.24, 2.45) is 0 Å². The van der Waals surface area contributed by atoms with Gasteiger partial charge in [-0.2, -0.15) is 0 Å². The van der Waals surface area contributed by atoms with E-state index in [1.807, 2.05) is 11.3 Å². The van der Waals surface area contributed by atoms with Crippen molar-refractivity contribution in [1.82, 2.24) is 5.32 Å². The van der Waals surface area contributed by atoms with E-state index in [1.165, 1.54) is 16.9 Å². The smallest absolute Gasteiger partial charge is 0.00870 e. The topological polar surface area (TPSA) is 12.0 Å². The summed E-state index contributed by atoms with van der Waals surface area (Å²) in [6, 6.07) is 2.79. The second-order valence-electron chi connectivity index (χ2n) is 3.39. The first-order valence-electron chi connectivity index (χ1n) is 4.46. The van der Waals surface area contributed by atoms with Crippen molar-refractivity contribution in [3.05, 3.63) is 21.9 Å². The van der Waals surface area contributed by atoms with Gasteiger partial charge in [0.15, 0.2) is 0 Å². The van der Waals surface area contributed by atoms with Gasteiger partial charge in [-0.05, 0) is 30.4 Å². The van der Waals surface area contributed by atoms with E-state index < -0.39 is 0 Å². The van der Waals surface area contributed by atoms with E-state index in [9.17, 15) is 0 Å². The molecule has 0 saturated heterocycles. The molecule has 0 atom stereocenters. The summed E-state index contributed by atoms with van der Waals surface area (Å²) in [6.07, 6.45) is 1.17. The Bertz CT molecular complexity index is 227. The van der Waals surface area contributed by atoms with E-state index in [-0.39, 0.29) is 0 Å². The number of rotatable bonds is 4. The molecular weight excluding hydrogens is 166 g/mol. The number of aryl methyl sites for hydroxylation is 1. The van der Waals surface area contributed by atoms with Gasteiger partial charge >= 0.3 is 0 Å². The maximum atomic E-state index is 3.42. The van der Waals surface area contributed by atoms with Crippen molar-refractivity contribution in [3.63, 3.8) is 0 Å². The third kappa shape index (κ3) is 2.95. The second-order valence-corrected chi connectivity index (χ2v) is 4.39. The largest absolute Gasteiger partial charge is 0.314 e. The van der Waals surface area contributed by atoms with Crippen LogP contribution in [-0.2, 0) is 6.42 Å². The van der Waals surface area contributed by atoms with Crippen LogP contribution in [0.5, 0.6) is 0 Å². The van der Waals surface area contributed by atoms with Gasteiger partial charge in [0.25, 0.3) is 0 Å². The van der Waals surface area contributed by atoms with E-state index in [4.69, 9.17) is 0 Å². The summed E-state index contributed by atoms with van der Waals surface area (Å²) in [5, 5.41) is 5.58. The molecule has 0 fully saturated rings. The predicted octanol–water partition coefficient (Wildman–Crippen LogP) is 2.60. The van der Waals surface area contributed by atoms with E-state index in [0.717, 1.165) is 6.54 Å². The third-order valence-electron chi connectivity index (χ3n) is 1.87. The fourth-order valence-corrected chi connectivity index (χ4v) is 2.04. The molecule has 1 N–H and O–H groups in total. The second kappa shape index (κ2) is 4.63. The van der Waals surface area contributed by atoms with Crippen LogP contribution in [-0.4, -0.2) is 12.6 Å². The summed E-state index contributed by atoms with van der Waals surface area (Å²) < 4.78 is 0. The van der Waals surface area contributed by atoms with Crippen LogP contribution >= 0.6 is 11.3 Å². The Kier molecular flexibility index (Phi) is 3.76. The standard InChI is InChI=1S/C10H17NS/c1-8(2)11-6-4-10-9(3)5-7-12-10/h5,7-8,11H,4,6H2,1-3H3. The maximum absolute atomic E-state index is 3.42. The zero-order chi connectivity index (χ0) is 8.97. The molecule has 1 nitrogen and oxygen atoms in total. The molecule has 1 heterocycles. The molecule has 0 amide bonds. The molecule has 0 spiro atoms. The van der Waals surface area contributed by atoms with E-state index >= 15 is 0 Å². The lowest BCUT2D eigenvalue weighted by Gasteiger charge is -2.06. The highest BCUT2D eigenvalue weighted by Gasteiger charge is 1.99. The maximum Gasteiger partial charge on any atom is 0.00870 e. The van der Waals surface area contributed by atoms with Crippen molar-refractivity contribution in [2.45, 2.75) is 33.2 Å². The van der Waals surface area contributed by atoms with Gasteiger partial charge < -0.3 is 5.32 Å². The molecule has 1 aromatic rings. The van der Waals surface area contributed by atoms with Crippen LogP contribution in [0.1, 0.15) is 24.3 Å². The predicted molar refractivity (Wildman–Crippen MR) is 55.9 cm³/mol. The lowest BCUT2D eigenvalue weighted by atomic mass is 10.2. The Hall–Kier alpha value is -0.340. The molecular formula is C10H17NS. The highest BCUT2D eigenvalue weighted by Crippen LogP contribution is 2.15. The van der Waals surface area contributed by atoms with Crippen molar-refractivity contribution in [3.8, 4) is 0 Å². The Morgan fingerprint density at radius 2 is 2.25 bits per heavy atom. The Balaban J connectivity index is 2.29. The van der Waals surface area contributed by atoms with Crippen molar-refractivity contribution < 1.29 is 0 Å². The number of hydrogen-bond donors (Lipinski definition) is 1. The lowest BCUT2D eigenvalue weighted by Crippen LogP contribution is -2.24. The van der Waals surface area contributed by atoms with Crippen molar-refractivity contribution >= 4 is 11.3 Å². The molecule has 1 rings (SSSR count). The number of hydrogen-bond acceptors (Lipinski definition) is 2. The minimum absolute atomic E-state index is 0.602. The highest BCUT2D eigenvalue weighted by atomic mass is 32.1. The SMILES string of the molecule is Cc1ccsc1CCNC(C)C. The molecule has 12 heavy (non-hydrogen) atoms. The number of thiophene rings is 1. The first-order chi connectivity index (χ1) is 5.70. The molecule has 1 aromatic heterocycles. The average Bonchev–Trinajstić information content (AvgIpc) is 2.36. The van der Waals surface area contributed by atoms with Gasteiger partial charge in [0.05, 0.1) is 0 Å². The molecule has 0 aliphatic heterocycles. The average molecular weight is 183 g/mol. The third-order valence-corrected chi connectivity index (χ3v) is 2.96. The first kappa shape index (κ1) is 9.75. The molecule has 0 bridgehead atoms. The summed E-state index contributed by atoms with van der Waals surface area (Å²) in [5.74, 6) is 0. The van der Waals surface area contributed by atoms with Crippen LogP contribution in [0, 0.1) is 6.92 Å². The van der Waals surface area contributed by atoms with E-state index in [0.29, 0.717) is 6.04 Å². The van der Waals surface area contributed by atoms with Gasteiger partial charge in [0.2, 0.25) is 0 Å². The van der Waals surface area contributed by atoms with E-state index in [1.54, 1.807) is 0 Å². The van der Waals surface area contributed by atoms with Crippen LogP contribution in [0.4, 0.5) is 0 Å². The molecule has 0 saturated carbocycles. The molecule has 2 heteroatoms. The molecule has 0 aliphatic rings. The molecule has 0 aliphatic carbocycles. The quantitative estimate of drug-likeness (QED) is 0.756. The van der Waals surface area contributed by atoms with Crippen molar-refractivity contribution in [2.75, 3.05) is 6.54 Å². The van der Waals surface area contributed by atoms with Crippen LogP contribution in [0.15, 0.2) is 11.4 Å². The van der Waals surface area contributed by atoms with Crippen molar-refractivity contribution in [1.29, 1.82) is 0 Å². The van der Waals surface area contributed by atoms with Crippen LogP contribution in [0.2, 0.25) is 0 Å². The Morgan fingerprint density at radius 1 is 1.50 bits per heavy atom. The summed E-state index contributed by atoms with van der Waals surface area (Å²) >= 11 is 1.86. The fourth-order valence-electron chi connectivity index (χ4n) is 1.13. The number of nitrogens with one attached hydrogen (secondary N) is 1. The van der Waals surface area contributed by atoms with Crippen LogP contribution in [0.3, 0.4) is 0 Å². The van der Waals surface area contributed by atoms with Gasteiger partial charge in [-0.3, -0.25) is 0 Å². The molecule has 0 radical (unpaired) electrons. The normalized spacial score (nSPS) is 11.0. The minimum atomic E-state index is 0.602. The molecule has 0 unspecified atom stereocenters. The van der Waals surface area contributed by atoms with Crippen LogP contribution < -0.4 is 5.32 Å². The minimum Gasteiger partial charge on any atom is -0.314 e. The highest BCUT2D eigenvalue weighted by molar-refractivity contribution is 7.10. The zero-order valence-electron chi connectivity index (χ0n) is 8.05. The summed E-state index contributed by atoms with van der Waals surface area (Å²) in [6.45, 7) is 7.64. The van der Waals surface area contributed by atoms with Gasteiger partial charge in [-0.15, -0.1) is 11.3 Å². The van der Waals surface area contributed by atoms with E-state index in [2.05, 4.69) is 37.5 Å². The lowest BCUT2D eigenvalue weighted by molar-refractivity contribution is 0.592. The Morgan fingerprint density at radius 3 is 2.75 bits per heavy atom. The summed E-state index contributed by atoms with van der Waals surface area (Å²) in [7, 11) is 0. The zero-order valence-corrected chi connectivity index (χ0v) is 8.87. The fraction of sp³-hybridized carbons (Fsp3) is 0.600. The molecule has 0 aromatic carbocycles. The Labute approximate surface area is 78.8 Å². The van der Waals surface area contributed by atoms with Gasteiger partial charge in [-0.25, -0.2) is 0 Å². The van der Waals surface area contributed by atoms with Crippen LogP contribution in [0.25, 0.3) is 0 Å². The van der Waals surface area contributed by atoms with Gasteiger partial charge in [0.1, 0.15) is 0 Å². The first-order valence-corrected chi connectivity index (χ1v) is 5.34. The van der Waals surface area contributed by atoms with Gasteiger partial charge in [0, 0.05) is 17.5 Å². The molecule has 68 valence electrons. The summed E-state index contributed by atoms with van der Waals surface area (Å²) in [4.78, 5) is 1.52. The monoisotopic (exact) mass is 183 g/mol. The summed E-state index contributed by atoms with van der Waals surface area (Å²) in [5.41, 5.74) is 1.44.